The van der Waals surface area contributed by atoms with Crippen molar-refractivity contribution in [2.24, 2.45) is 0 Å². The molecule has 0 fully saturated rings. The highest BCUT2D eigenvalue weighted by Gasteiger charge is 2.28. The van der Waals surface area contributed by atoms with Gasteiger partial charge >= 0.3 is 5.97 Å². The third-order valence-electron chi connectivity index (χ3n) is 2.52. The second-order valence-electron chi connectivity index (χ2n) is 3.76. The Bertz CT molecular complexity index is 714. The summed E-state index contributed by atoms with van der Waals surface area (Å²) in [6, 6.07) is 6.55. The molecule has 0 atom stereocenters. The number of ether oxygens (including phenoxy) is 1. The molecule has 0 aliphatic carbocycles. The lowest BCUT2D eigenvalue weighted by Gasteiger charge is -2.18. The van der Waals surface area contributed by atoms with Gasteiger partial charge < -0.3 is 9.84 Å². The molecule has 1 aromatic rings. The molecule has 0 saturated heterocycles. The van der Waals surface area contributed by atoms with Crippen LogP contribution in [0.4, 0.5) is 0 Å². The van der Waals surface area contributed by atoms with Gasteiger partial charge in [0.25, 0.3) is 0 Å². The van der Waals surface area contributed by atoms with E-state index < -0.39 is 29.1 Å². The van der Waals surface area contributed by atoms with Crippen LogP contribution in [0.25, 0.3) is 0 Å². The SMILES string of the molecule is COc1cc(C(=O)O)ccc1S(=O)(=O)N(CC#N)CC#N. The third kappa shape index (κ3) is 3.48. The maximum Gasteiger partial charge on any atom is 0.335 e. The number of methoxy groups -OCH3 is 1. The van der Waals surface area contributed by atoms with Crippen LogP contribution in [0.5, 0.6) is 5.75 Å². The van der Waals surface area contributed by atoms with Crippen LogP contribution < -0.4 is 4.74 Å². The number of nitrogens with zero attached hydrogens (tertiary/aromatic N) is 3. The Morgan fingerprint density at radius 3 is 2.33 bits per heavy atom. The van der Waals surface area contributed by atoms with E-state index in [0.29, 0.717) is 4.31 Å². The van der Waals surface area contributed by atoms with Crippen LogP contribution >= 0.6 is 0 Å². The molecule has 110 valence electrons. The summed E-state index contributed by atoms with van der Waals surface area (Å²) >= 11 is 0. The molecule has 1 rings (SSSR count). The molecule has 21 heavy (non-hydrogen) atoms. The standard InChI is InChI=1S/C12H11N3O5S/c1-20-10-8-9(12(16)17)2-3-11(10)21(18,19)15(6-4-13)7-5-14/h2-3,8H,6-7H2,1H3,(H,16,17). The second kappa shape index (κ2) is 6.70. The molecule has 0 spiro atoms. The summed E-state index contributed by atoms with van der Waals surface area (Å²) in [6.07, 6.45) is 0. The second-order valence-corrected chi connectivity index (χ2v) is 5.67. The summed E-state index contributed by atoms with van der Waals surface area (Å²) in [5, 5.41) is 26.2. The fourth-order valence-electron chi connectivity index (χ4n) is 1.54. The van der Waals surface area contributed by atoms with Gasteiger partial charge in [-0.1, -0.05) is 0 Å². The first kappa shape index (κ1) is 16.4. The number of nitriles is 2. The highest BCUT2D eigenvalue weighted by atomic mass is 32.2. The van der Waals surface area contributed by atoms with Crippen molar-refractivity contribution in [1.82, 2.24) is 4.31 Å². The first-order valence-electron chi connectivity index (χ1n) is 5.53. The Morgan fingerprint density at radius 2 is 1.90 bits per heavy atom. The zero-order valence-corrected chi connectivity index (χ0v) is 11.8. The van der Waals surface area contributed by atoms with E-state index in [2.05, 4.69) is 0 Å². The Kier molecular flexibility index (Phi) is 5.24. The van der Waals surface area contributed by atoms with Crippen molar-refractivity contribution in [2.45, 2.75) is 4.90 Å². The number of benzene rings is 1. The molecule has 1 aromatic carbocycles. The summed E-state index contributed by atoms with van der Waals surface area (Å²) < 4.78 is 30.3. The summed E-state index contributed by atoms with van der Waals surface area (Å²) in [7, 11) is -2.95. The van der Waals surface area contributed by atoms with Crippen LogP contribution in [0.3, 0.4) is 0 Å². The number of aromatic carboxylic acids is 1. The van der Waals surface area contributed by atoms with Gasteiger partial charge in [-0.25, -0.2) is 13.2 Å². The van der Waals surface area contributed by atoms with Gasteiger partial charge in [-0.2, -0.15) is 14.8 Å². The number of carboxylic acids is 1. The van der Waals surface area contributed by atoms with Gasteiger partial charge in [0.05, 0.1) is 24.8 Å². The van der Waals surface area contributed by atoms with Gasteiger partial charge in [0.2, 0.25) is 10.0 Å². The minimum absolute atomic E-state index is 0.141. The predicted octanol–water partition coefficient (Wildman–Crippen LogP) is 0.431. The number of hydrogen-bond donors (Lipinski definition) is 1. The van der Waals surface area contributed by atoms with E-state index in [9.17, 15) is 13.2 Å². The van der Waals surface area contributed by atoms with Crippen molar-refractivity contribution in [3.63, 3.8) is 0 Å². The van der Waals surface area contributed by atoms with Gasteiger partial charge in [0, 0.05) is 0 Å². The first-order chi connectivity index (χ1) is 9.88. The van der Waals surface area contributed by atoms with Crippen molar-refractivity contribution in [1.29, 1.82) is 10.5 Å². The predicted molar refractivity (Wildman–Crippen MR) is 69.9 cm³/mol. The van der Waals surface area contributed by atoms with E-state index in [1.165, 1.54) is 7.11 Å². The summed E-state index contributed by atoms with van der Waals surface area (Å²) in [4.78, 5) is 10.6. The average molecular weight is 309 g/mol. The van der Waals surface area contributed by atoms with Crippen molar-refractivity contribution >= 4 is 16.0 Å². The van der Waals surface area contributed by atoms with E-state index in [-0.39, 0.29) is 16.2 Å². The minimum Gasteiger partial charge on any atom is -0.495 e. The van der Waals surface area contributed by atoms with E-state index in [0.717, 1.165) is 18.2 Å². The smallest absolute Gasteiger partial charge is 0.335 e. The first-order valence-corrected chi connectivity index (χ1v) is 6.98. The summed E-state index contributed by atoms with van der Waals surface area (Å²) in [5.41, 5.74) is -0.141. The number of carbonyl (C=O) groups is 1. The highest BCUT2D eigenvalue weighted by Crippen LogP contribution is 2.27. The molecule has 9 heteroatoms. The summed E-state index contributed by atoms with van der Waals surface area (Å²) in [5.74, 6) is -1.40. The molecule has 0 heterocycles. The van der Waals surface area contributed by atoms with E-state index in [1.807, 2.05) is 0 Å². The number of hydrogen-bond acceptors (Lipinski definition) is 6. The van der Waals surface area contributed by atoms with Crippen LogP contribution in [-0.4, -0.2) is 44.0 Å². The Labute approximate surface area is 121 Å². The number of sulfonamides is 1. The van der Waals surface area contributed by atoms with E-state index in [1.54, 1.807) is 12.1 Å². The van der Waals surface area contributed by atoms with Crippen LogP contribution in [0.1, 0.15) is 10.4 Å². The van der Waals surface area contributed by atoms with Gasteiger partial charge in [0.1, 0.15) is 23.7 Å². The minimum atomic E-state index is -4.14. The normalized spacial score (nSPS) is 10.7. The fraction of sp³-hybridized carbons (Fsp3) is 0.250. The number of rotatable bonds is 6. The van der Waals surface area contributed by atoms with Crippen LogP contribution in [0.15, 0.2) is 23.1 Å². The molecule has 0 bridgehead atoms. The largest absolute Gasteiger partial charge is 0.495 e. The molecule has 1 N–H and O–H groups in total. The molecule has 8 nitrogen and oxygen atoms in total. The molecule has 0 saturated carbocycles. The zero-order valence-electron chi connectivity index (χ0n) is 11.0. The van der Waals surface area contributed by atoms with Crippen molar-refractivity contribution in [3.05, 3.63) is 23.8 Å². The Hall–Kier alpha value is -2.62. The van der Waals surface area contributed by atoms with Gasteiger partial charge in [-0.3, -0.25) is 0 Å². The van der Waals surface area contributed by atoms with Crippen LogP contribution in [-0.2, 0) is 10.0 Å². The average Bonchev–Trinajstić information content (AvgIpc) is 2.46. The molecule has 0 aliphatic heterocycles. The van der Waals surface area contributed by atoms with E-state index >= 15 is 0 Å². The van der Waals surface area contributed by atoms with Crippen molar-refractivity contribution in [2.75, 3.05) is 20.2 Å². The molecular weight excluding hydrogens is 298 g/mol. The van der Waals surface area contributed by atoms with Gasteiger partial charge in [-0.15, -0.1) is 0 Å². The molecular formula is C12H11N3O5S. The molecule has 0 radical (unpaired) electrons. The monoisotopic (exact) mass is 309 g/mol. The Morgan fingerprint density at radius 1 is 1.33 bits per heavy atom. The molecule has 0 aromatic heterocycles. The molecule has 0 unspecified atom stereocenters. The topological polar surface area (TPSA) is 131 Å². The van der Waals surface area contributed by atoms with Gasteiger partial charge in [0.15, 0.2) is 0 Å². The fourth-order valence-corrected chi connectivity index (χ4v) is 2.91. The van der Waals surface area contributed by atoms with Crippen molar-refractivity contribution in [3.8, 4) is 17.9 Å². The lowest BCUT2D eigenvalue weighted by Crippen LogP contribution is -2.32. The number of carboxylic acid groups (broad SMARTS) is 1. The van der Waals surface area contributed by atoms with E-state index in [4.69, 9.17) is 20.4 Å². The van der Waals surface area contributed by atoms with Crippen LogP contribution in [0, 0.1) is 22.7 Å². The van der Waals surface area contributed by atoms with Crippen molar-refractivity contribution < 1.29 is 23.1 Å². The third-order valence-corrected chi connectivity index (χ3v) is 4.35. The lowest BCUT2D eigenvalue weighted by molar-refractivity contribution is 0.0696. The highest BCUT2D eigenvalue weighted by molar-refractivity contribution is 7.89. The maximum atomic E-state index is 12.4. The quantitative estimate of drug-likeness (QED) is 0.753. The zero-order chi connectivity index (χ0) is 16.0. The lowest BCUT2D eigenvalue weighted by atomic mass is 10.2. The molecule has 0 amide bonds. The molecule has 0 aliphatic rings. The Balaban J connectivity index is 3.40. The van der Waals surface area contributed by atoms with Gasteiger partial charge in [-0.05, 0) is 18.2 Å². The summed E-state index contributed by atoms with van der Waals surface area (Å²) in [6.45, 7) is -1.00. The maximum absolute atomic E-state index is 12.4. The van der Waals surface area contributed by atoms with Crippen LogP contribution in [0.2, 0.25) is 0 Å².